The van der Waals surface area contributed by atoms with Crippen LogP contribution in [-0.4, -0.2) is 32.4 Å². The van der Waals surface area contributed by atoms with E-state index in [-0.39, 0.29) is 5.91 Å². The first-order valence-corrected chi connectivity index (χ1v) is 9.23. The number of para-hydroxylation sites is 1. The molecule has 0 aliphatic heterocycles. The van der Waals surface area contributed by atoms with Gasteiger partial charge in [0.15, 0.2) is 5.69 Å². The average Bonchev–Trinajstić information content (AvgIpc) is 3.10. The van der Waals surface area contributed by atoms with E-state index in [0.717, 1.165) is 22.2 Å². The van der Waals surface area contributed by atoms with Gasteiger partial charge in [-0.25, -0.2) is 4.68 Å². The molecule has 0 unspecified atom stereocenters. The van der Waals surface area contributed by atoms with Crippen LogP contribution in [0.2, 0.25) is 0 Å². The minimum absolute atomic E-state index is 0.218. The van der Waals surface area contributed by atoms with Crippen LogP contribution in [0.25, 0.3) is 16.6 Å². The smallest absolute Gasteiger partial charge is 0.273 e. The van der Waals surface area contributed by atoms with Crippen LogP contribution in [0.15, 0.2) is 60.8 Å². The Hall–Kier alpha value is -3.54. The molecule has 0 aliphatic carbocycles. The van der Waals surface area contributed by atoms with E-state index < -0.39 is 0 Å². The fraction of sp³-hybridized carbons (Fsp3) is 0.182. The van der Waals surface area contributed by atoms with Crippen molar-refractivity contribution in [2.45, 2.75) is 20.3 Å². The van der Waals surface area contributed by atoms with Crippen molar-refractivity contribution in [1.82, 2.24) is 25.3 Å². The number of aryl methyl sites for hydroxylation is 1. The van der Waals surface area contributed by atoms with Crippen LogP contribution in [-0.2, 0) is 6.42 Å². The van der Waals surface area contributed by atoms with Crippen LogP contribution in [0, 0.1) is 13.8 Å². The Morgan fingerprint density at radius 3 is 2.64 bits per heavy atom. The van der Waals surface area contributed by atoms with Gasteiger partial charge in [0, 0.05) is 18.1 Å². The lowest BCUT2D eigenvalue weighted by Crippen LogP contribution is -2.26. The lowest BCUT2D eigenvalue weighted by molar-refractivity contribution is 0.0948. The zero-order valence-corrected chi connectivity index (χ0v) is 15.9. The summed E-state index contributed by atoms with van der Waals surface area (Å²) in [5, 5.41) is 12.3. The van der Waals surface area contributed by atoms with Crippen molar-refractivity contribution in [3.63, 3.8) is 0 Å². The summed E-state index contributed by atoms with van der Waals surface area (Å²) in [6.45, 7) is 4.39. The maximum atomic E-state index is 12.6. The minimum Gasteiger partial charge on any atom is -0.350 e. The molecule has 0 atom stereocenters. The summed E-state index contributed by atoms with van der Waals surface area (Å²) in [4.78, 5) is 17.0. The lowest BCUT2D eigenvalue weighted by atomic mass is 10.1. The third-order valence-corrected chi connectivity index (χ3v) is 4.78. The van der Waals surface area contributed by atoms with Gasteiger partial charge in [-0.2, -0.15) is 0 Å². The standard InChI is InChI=1S/C22H21N5O/c1-15-8-10-19(11-9-15)27-16(2)20(25-26-27)22(28)24-14-12-18-6-3-5-17-7-4-13-23-21(17)18/h3-11,13H,12,14H2,1-2H3,(H,24,28). The van der Waals surface area contributed by atoms with E-state index in [1.165, 1.54) is 5.56 Å². The Kier molecular flexibility index (Phi) is 4.85. The molecule has 6 heteroatoms. The van der Waals surface area contributed by atoms with Crippen LogP contribution in [0.1, 0.15) is 27.3 Å². The van der Waals surface area contributed by atoms with Gasteiger partial charge in [0.05, 0.1) is 16.9 Å². The van der Waals surface area contributed by atoms with Crippen LogP contribution in [0.4, 0.5) is 0 Å². The molecule has 28 heavy (non-hydrogen) atoms. The second-order valence-electron chi connectivity index (χ2n) is 6.77. The molecule has 140 valence electrons. The van der Waals surface area contributed by atoms with Crippen molar-refractivity contribution in [2.24, 2.45) is 0 Å². The number of hydrogen-bond donors (Lipinski definition) is 1. The molecule has 0 radical (unpaired) electrons. The molecule has 2 heterocycles. The van der Waals surface area contributed by atoms with E-state index in [1.54, 1.807) is 10.9 Å². The second-order valence-corrected chi connectivity index (χ2v) is 6.77. The Morgan fingerprint density at radius 1 is 1.04 bits per heavy atom. The summed E-state index contributed by atoms with van der Waals surface area (Å²) in [6, 6.07) is 18.0. The van der Waals surface area contributed by atoms with E-state index in [1.807, 2.05) is 68.4 Å². The zero-order valence-electron chi connectivity index (χ0n) is 15.9. The van der Waals surface area contributed by atoms with Gasteiger partial charge >= 0.3 is 0 Å². The Morgan fingerprint density at radius 2 is 1.82 bits per heavy atom. The SMILES string of the molecule is Cc1ccc(-n2nnc(C(=O)NCCc3cccc4cccnc34)c2C)cc1. The zero-order chi connectivity index (χ0) is 19.5. The molecule has 0 fully saturated rings. The fourth-order valence-corrected chi connectivity index (χ4v) is 3.23. The number of carbonyl (C=O) groups excluding carboxylic acids is 1. The first-order chi connectivity index (χ1) is 13.6. The van der Waals surface area contributed by atoms with Gasteiger partial charge in [0.2, 0.25) is 0 Å². The predicted molar refractivity (Wildman–Crippen MR) is 109 cm³/mol. The number of nitrogens with one attached hydrogen (secondary N) is 1. The maximum Gasteiger partial charge on any atom is 0.273 e. The van der Waals surface area contributed by atoms with E-state index in [4.69, 9.17) is 0 Å². The molecule has 0 bridgehead atoms. The molecule has 1 N–H and O–H groups in total. The number of nitrogens with zero attached hydrogens (tertiary/aromatic N) is 4. The Bertz CT molecular complexity index is 1130. The highest BCUT2D eigenvalue weighted by Crippen LogP contribution is 2.16. The van der Waals surface area contributed by atoms with Crippen molar-refractivity contribution in [2.75, 3.05) is 6.54 Å². The van der Waals surface area contributed by atoms with Crippen molar-refractivity contribution in [1.29, 1.82) is 0 Å². The summed E-state index contributed by atoms with van der Waals surface area (Å²) >= 11 is 0. The normalized spacial score (nSPS) is 10.9. The molecule has 4 rings (SSSR count). The second kappa shape index (κ2) is 7.60. The van der Waals surface area contributed by atoms with Crippen LogP contribution < -0.4 is 5.32 Å². The van der Waals surface area contributed by atoms with Gasteiger partial charge in [-0.15, -0.1) is 5.10 Å². The highest BCUT2D eigenvalue weighted by Gasteiger charge is 2.17. The van der Waals surface area contributed by atoms with Gasteiger partial charge in [0.25, 0.3) is 5.91 Å². The molecular weight excluding hydrogens is 350 g/mol. The molecule has 2 aromatic heterocycles. The predicted octanol–water partition coefficient (Wildman–Crippen LogP) is 3.40. The lowest BCUT2D eigenvalue weighted by Gasteiger charge is -2.07. The van der Waals surface area contributed by atoms with Gasteiger partial charge in [-0.1, -0.05) is 47.2 Å². The first-order valence-electron chi connectivity index (χ1n) is 9.23. The van der Waals surface area contributed by atoms with Crippen molar-refractivity contribution in [3.8, 4) is 5.69 Å². The molecule has 4 aromatic rings. The molecule has 6 nitrogen and oxygen atoms in total. The molecule has 0 saturated heterocycles. The Labute approximate surface area is 163 Å². The quantitative estimate of drug-likeness (QED) is 0.584. The van der Waals surface area contributed by atoms with Crippen LogP contribution >= 0.6 is 0 Å². The summed E-state index contributed by atoms with van der Waals surface area (Å²) in [7, 11) is 0. The number of rotatable bonds is 5. The summed E-state index contributed by atoms with van der Waals surface area (Å²) in [5.74, 6) is -0.218. The molecule has 0 aliphatic rings. The van der Waals surface area contributed by atoms with E-state index >= 15 is 0 Å². The van der Waals surface area contributed by atoms with Crippen molar-refractivity contribution < 1.29 is 4.79 Å². The number of amides is 1. The molecule has 0 saturated carbocycles. The van der Waals surface area contributed by atoms with Crippen LogP contribution in [0.3, 0.4) is 0 Å². The third-order valence-electron chi connectivity index (χ3n) is 4.78. The number of carbonyl (C=O) groups is 1. The van der Waals surface area contributed by atoms with Gasteiger partial charge in [0.1, 0.15) is 0 Å². The highest BCUT2D eigenvalue weighted by atomic mass is 16.2. The largest absolute Gasteiger partial charge is 0.350 e. The monoisotopic (exact) mass is 371 g/mol. The average molecular weight is 371 g/mol. The number of pyridine rings is 1. The summed E-state index contributed by atoms with van der Waals surface area (Å²) in [6.07, 6.45) is 2.49. The maximum absolute atomic E-state index is 12.6. The number of benzene rings is 2. The van der Waals surface area contributed by atoms with Gasteiger partial charge in [-0.3, -0.25) is 9.78 Å². The number of hydrogen-bond acceptors (Lipinski definition) is 4. The van der Waals surface area contributed by atoms with E-state index in [2.05, 4.69) is 20.6 Å². The van der Waals surface area contributed by atoms with Crippen molar-refractivity contribution >= 4 is 16.8 Å². The summed E-state index contributed by atoms with van der Waals surface area (Å²) < 4.78 is 1.68. The van der Waals surface area contributed by atoms with Crippen molar-refractivity contribution in [3.05, 3.63) is 83.3 Å². The van der Waals surface area contributed by atoms with Gasteiger partial charge < -0.3 is 5.32 Å². The van der Waals surface area contributed by atoms with Crippen LogP contribution in [0.5, 0.6) is 0 Å². The number of fused-ring (bicyclic) bond motifs is 1. The molecule has 0 spiro atoms. The third kappa shape index (κ3) is 3.49. The topological polar surface area (TPSA) is 72.7 Å². The Balaban J connectivity index is 1.45. The molecule has 1 amide bonds. The molecule has 2 aromatic carbocycles. The van der Waals surface area contributed by atoms with E-state index in [0.29, 0.717) is 24.4 Å². The first kappa shape index (κ1) is 17.9. The van der Waals surface area contributed by atoms with E-state index in [9.17, 15) is 4.79 Å². The van der Waals surface area contributed by atoms with Gasteiger partial charge in [-0.05, 0) is 44.0 Å². The fourth-order valence-electron chi connectivity index (χ4n) is 3.23. The number of aromatic nitrogens is 4. The summed E-state index contributed by atoms with van der Waals surface area (Å²) in [5.41, 5.74) is 5.20. The molecular formula is C22H21N5O. The minimum atomic E-state index is -0.218. The highest BCUT2D eigenvalue weighted by molar-refractivity contribution is 5.93.